The SMILES string of the molecule is NC(=O)/C=C/c1cnccc1-c1ccccc1S(=O)(=O)c1cccc2ccccc12. The van der Waals surface area contributed by atoms with Crippen LogP contribution in [0, 0.1) is 0 Å². The van der Waals surface area contributed by atoms with Crippen LogP contribution in [0.25, 0.3) is 28.0 Å². The Hall–Kier alpha value is -3.77. The fourth-order valence-electron chi connectivity index (χ4n) is 3.43. The maximum atomic E-state index is 13.7. The smallest absolute Gasteiger partial charge is 0.241 e. The van der Waals surface area contributed by atoms with Crippen LogP contribution in [-0.4, -0.2) is 19.3 Å². The number of nitrogens with two attached hydrogens (primary N) is 1. The third-order valence-corrected chi connectivity index (χ3v) is 6.65. The molecule has 0 atom stereocenters. The first kappa shape index (κ1) is 19.5. The molecule has 148 valence electrons. The van der Waals surface area contributed by atoms with Gasteiger partial charge in [-0.25, -0.2) is 8.42 Å². The quantitative estimate of drug-likeness (QED) is 0.495. The molecular formula is C24H18N2O3S. The lowest BCUT2D eigenvalue weighted by atomic mass is 10.0. The molecule has 0 radical (unpaired) electrons. The predicted octanol–water partition coefficient (Wildman–Crippen LogP) is 4.23. The number of benzene rings is 3. The molecule has 0 aliphatic rings. The van der Waals surface area contributed by atoms with Gasteiger partial charge in [-0.3, -0.25) is 9.78 Å². The Morgan fingerprint density at radius 2 is 1.53 bits per heavy atom. The highest BCUT2D eigenvalue weighted by molar-refractivity contribution is 7.91. The Balaban J connectivity index is 1.95. The summed E-state index contributed by atoms with van der Waals surface area (Å²) in [5, 5.41) is 1.52. The molecule has 4 rings (SSSR count). The molecule has 3 aromatic carbocycles. The Labute approximate surface area is 174 Å². The van der Waals surface area contributed by atoms with E-state index in [9.17, 15) is 13.2 Å². The number of fused-ring (bicyclic) bond motifs is 1. The van der Waals surface area contributed by atoms with Crippen molar-refractivity contribution in [3.63, 3.8) is 0 Å². The number of rotatable bonds is 5. The van der Waals surface area contributed by atoms with Crippen molar-refractivity contribution in [1.29, 1.82) is 0 Å². The van der Waals surface area contributed by atoms with Crippen LogP contribution in [0.15, 0.2) is 101 Å². The van der Waals surface area contributed by atoms with Gasteiger partial charge in [0.05, 0.1) is 9.79 Å². The first-order chi connectivity index (χ1) is 14.5. The van der Waals surface area contributed by atoms with Gasteiger partial charge in [-0.05, 0) is 35.2 Å². The molecule has 0 aliphatic heterocycles. The van der Waals surface area contributed by atoms with E-state index in [1.165, 1.54) is 12.2 Å². The standard InChI is InChI=1S/C24H18N2O3S/c25-24(27)13-12-18-16-26-15-14-19(18)21-9-3-4-10-23(21)30(28,29)22-11-5-7-17-6-1-2-8-20(17)22/h1-16H,(H2,25,27)/b13-12+. The van der Waals surface area contributed by atoms with E-state index in [0.29, 0.717) is 22.1 Å². The summed E-state index contributed by atoms with van der Waals surface area (Å²) in [5.41, 5.74) is 6.97. The topological polar surface area (TPSA) is 90.1 Å². The number of hydrogen-bond donors (Lipinski definition) is 1. The maximum Gasteiger partial charge on any atom is 0.241 e. The van der Waals surface area contributed by atoms with Gasteiger partial charge >= 0.3 is 0 Å². The summed E-state index contributed by atoms with van der Waals surface area (Å²) in [4.78, 5) is 15.7. The van der Waals surface area contributed by atoms with Gasteiger partial charge < -0.3 is 5.73 Å². The van der Waals surface area contributed by atoms with E-state index < -0.39 is 15.7 Å². The van der Waals surface area contributed by atoms with Crippen LogP contribution in [0.5, 0.6) is 0 Å². The van der Waals surface area contributed by atoms with E-state index in [1.54, 1.807) is 60.9 Å². The van der Waals surface area contributed by atoms with Crippen molar-refractivity contribution in [2.45, 2.75) is 9.79 Å². The fraction of sp³-hybridized carbons (Fsp3) is 0. The van der Waals surface area contributed by atoms with Gasteiger partial charge in [-0.1, -0.05) is 54.6 Å². The van der Waals surface area contributed by atoms with Crippen molar-refractivity contribution < 1.29 is 13.2 Å². The highest BCUT2D eigenvalue weighted by Gasteiger charge is 2.24. The minimum atomic E-state index is -3.83. The van der Waals surface area contributed by atoms with Gasteiger partial charge in [0.15, 0.2) is 0 Å². The molecule has 1 aromatic heterocycles. The van der Waals surface area contributed by atoms with Gasteiger partial charge in [0.1, 0.15) is 0 Å². The minimum absolute atomic E-state index is 0.182. The number of pyridine rings is 1. The van der Waals surface area contributed by atoms with Crippen molar-refractivity contribution in [2.75, 3.05) is 0 Å². The van der Waals surface area contributed by atoms with Crippen molar-refractivity contribution in [3.05, 3.63) is 96.8 Å². The van der Waals surface area contributed by atoms with Crippen LogP contribution >= 0.6 is 0 Å². The molecule has 1 amide bonds. The lowest BCUT2D eigenvalue weighted by molar-refractivity contribution is -0.113. The van der Waals surface area contributed by atoms with Crippen molar-refractivity contribution in [3.8, 4) is 11.1 Å². The zero-order valence-electron chi connectivity index (χ0n) is 15.9. The lowest BCUT2D eigenvalue weighted by Gasteiger charge is -2.14. The number of aromatic nitrogens is 1. The Morgan fingerprint density at radius 1 is 0.833 bits per heavy atom. The third-order valence-electron chi connectivity index (χ3n) is 4.78. The monoisotopic (exact) mass is 414 g/mol. The highest BCUT2D eigenvalue weighted by atomic mass is 32.2. The fourth-order valence-corrected chi connectivity index (χ4v) is 5.12. The van der Waals surface area contributed by atoms with E-state index in [4.69, 9.17) is 5.73 Å². The molecule has 4 aromatic rings. The largest absolute Gasteiger partial charge is 0.366 e. The summed E-state index contributed by atoms with van der Waals surface area (Å²) in [6.45, 7) is 0. The summed E-state index contributed by atoms with van der Waals surface area (Å²) in [6, 6.07) is 21.2. The number of sulfone groups is 1. The number of primary amides is 1. The Kier molecular flexibility index (Phi) is 5.16. The third kappa shape index (κ3) is 3.60. The number of hydrogen-bond acceptors (Lipinski definition) is 4. The molecule has 0 saturated carbocycles. The second-order valence-electron chi connectivity index (χ2n) is 6.68. The van der Waals surface area contributed by atoms with Gasteiger partial charge in [0.2, 0.25) is 15.7 Å². The summed E-state index contributed by atoms with van der Waals surface area (Å²) in [7, 11) is -3.83. The van der Waals surface area contributed by atoms with E-state index in [0.717, 1.165) is 5.39 Å². The molecule has 2 N–H and O–H groups in total. The molecule has 6 heteroatoms. The number of nitrogens with zero attached hydrogens (tertiary/aromatic N) is 1. The number of carbonyl (C=O) groups excluding carboxylic acids is 1. The number of carbonyl (C=O) groups is 1. The second-order valence-corrected chi connectivity index (χ2v) is 8.56. The molecule has 1 heterocycles. The first-order valence-corrected chi connectivity index (χ1v) is 10.7. The molecule has 0 saturated heterocycles. The lowest BCUT2D eigenvalue weighted by Crippen LogP contribution is -2.06. The molecular weight excluding hydrogens is 396 g/mol. The molecule has 0 bridgehead atoms. The van der Waals surface area contributed by atoms with Crippen LogP contribution < -0.4 is 5.73 Å². The van der Waals surface area contributed by atoms with Crippen LogP contribution in [0.2, 0.25) is 0 Å². The van der Waals surface area contributed by atoms with Gasteiger partial charge in [-0.2, -0.15) is 0 Å². The van der Waals surface area contributed by atoms with Crippen molar-refractivity contribution in [1.82, 2.24) is 4.98 Å². The Bertz CT molecular complexity index is 1390. The van der Waals surface area contributed by atoms with Crippen LogP contribution in [0.3, 0.4) is 0 Å². The zero-order chi connectivity index (χ0) is 21.1. The average molecular weight is 414 g/mol. The van der Waals surface area contributed by atoms with Gasteiger partial charge in [-0.15, -0.1) is 0 Å². The Morgan fingerprint density at radius 3 is 2.37 bits per heavy atom. The van der Waals surface area contributed by atoms with E-state index in [-0.39, 0.29) is 9.79 Å². The predicted molar refractivity (Wildman–Crippen MR) is 117 cm³/mol. The second kappa shape index (κ2) is 7.93. The van der Waals surface area contributed by atoms with Gasteiger partial charge in [0, 0.05) is 35.0 Å². The number of amides is 1. The van der Waals surface area contributed by atoms with Gasteiger partial charge in [0.25, 0.3) is 0 Å². The molecule has 0 unspecified atom stereocenters. The zero-order valence-corrected chi connectivity index (χ0v) is 16.7. The van der Waals surface area contributed by atoms with Crippen LogP contribution in [-0.2, 0) is 14.6 Å². The normalized spacial score (nSPS) is 11.7. The molecule has 0 spiro atoms. The van der Waals surface area contributed by atoms with E-state index in [2.05, 4.69) is 4.98 Å². The van der Waals surface area contributed by atoms with Crippen molar-refractivity contribution >= 4 is 32.6 Å². The van der Waals surface area contributed by atoms with Crippen molar-refractivity contribution in [2.24, 2.45) is 5.73 Å². The summed E-state index contributed by atoms with van der Waals surface area (Å²) in [6.07, 6.45) is 5.91. The van der Waals surface area contributed by atoms with E-state index >= 15 is 0 Å². The molecule has 0 fully saturated rings. The minimum Gasteiger partial charge on any atom is -0.366 e. The van der Waals surface area contributed by atoms with E-state index in [1.807, 2.05) is 24.3 Å². The molecule has 0 aliphatic carbocycles. The van der Waals surface area contributed by atoms with Crippen LogP contribution in [0.4, 0.5) is 0 Å². The highest BCUT2D eigenvalue weighted by Crippen LogP contribution is 2.35. The van der Waals surface area contributed by atoms with Crippen LogP contribution in [0.1, 0.15) is 5.56 Å². The molecule has 30 heavy (non-hydrogen) atoms. The maximum absolute atomic E-state index is 13.7. The average Bonchev–Trinajstić information content (AvgIpc) is 2.77. The first-order valence-electron chi connectivity index (χ1n) is 9.22. The summed E-state index contributed by atoms with van der Waals surface area (Å²) < 4.78 is 27.4. The summed E-state index contributed by atoms with van der Waals surface area (Å²) >= 11 is 0. The summed E-state index contributed by atoms with van der Waals surface area (Å²) in [5.74, 6) is -0.596. The molecule has 5 nitrogen and oxygen atoms in total.